The molecule has 0 aromatic heterocycles. The Kier molecular flexibility index (Phi) is 11.8. The monoisotopic (exact) mass is 418 g/mol. The van der Waals surface area contributed by atoms with Crippen molar-refractivity contribution in [3.63, 3.8) is 0 Å². The molecule has 1 aliphatic heterocycles. The van der Waals surface area contributed by atoms with Crippen molar-refractivity contribution in [2.24, 2.45) is 10.9 Å². The van der Waals surface area contributed by atoms with E-state index in [1.54, 1.807) is 18.1 Å². The molecule has 0 bridgehead atoms. The highest BCUT2D eigenvalue weighted by Crippen LogP contribution is 2.31. The van der Waals surface area contributed by atoms with Crippen LogP contribution in [0.4, 0.5) is 0 Å². The van der Waals surface area contributed by atoms with Crippen LogP contribution in [-0.2, 0) is 0 Å². The Labute approximate surface area is 178 Å². The molecule has 5 heteroatoms. The number of nitrogens with one attached hydrogen (secondary N) is 1. The summed E-state index contributed by atoms with van der Waals surface area (Å²) in [5.41, 5.74) is 0. The van der Waals surface area contributed by atoms with Crippen LogP contribution in [0.3, 0.4) is 0 Å². The number of nitrogens with zero attached hydrogens (tertiary/aromatic N) is 1. The van der Waals surface area contributed by atoms with Crippen LogP contribution < -0.4 is 5.32 Å². The molecule has 0 radical (unpaired) electrons. The van der Waals surface area contributed by atoms with Crippen molar-refractivity contribution in [1.82, 2.24) is 5.32 Å². The summed E-state index contributed by atoms with van der Waals surface area (Å²) < 4.78 is 0. The van der Waals surface area contributed by atoms with Gasteiger partial charge >= 0.3 is 0 Å². The van der Waals surface area contributed by atoms with E-state index in [1.807, 2.05) is 42.8 Å². The maximum Gasteiger partial charge on any atom is 0.0918 e. The van der Waals surface area contributed by atoms with Gasteiger partial charge in [0.05, 0.1) is 11.7 Å². The molecule has 3 nitrogen and oxygen atoms in total. The zero-order valence-electron chi connectivity index (χ0n) is 16.3. The molecule has 0 aromatic carbocycles. The fourth-order valence-electron chi connectivity index (χ4n) is 3.01. The van der Waals surface area contributed by atoms with Crippen LogP contribution in [0.25, 0.3) is 0 Å². The molecule has 0 aromatic rings. The van der Waals surface area contributed by atoms with E-state index in [0.29, 0.717) is 12.5 Å². The molecular formula is C23H31ClN2OS. The van der Waals surface area contributed by atoms with Crippen molar-refractivity contribution in [1.29, 1.82) is 0 Å². The molecule has 1 saturated carbocycles. The van der Waals surface area contributed by atoms with Gasteiger partial charge in [-0.1, -0.05) is 67.5 Å². The first kappa shape index (κ1) is 22.8. The van der Waals surface area contributed by atoms with Gasteiger partial charge in [0, 0.05) is 28.8 Å². The number of allylic oxidation sites excluding steroid dienone is 9. The SMILES string of the molecule is ClC1C=CC=C(S/C2=C/N=CN/C=C\C=C\CC2)C=C1.OCC1CCCCC1. The molecule has 2 aliphatic carbocycles. The van der Waals surface area contributed by atoms with Crippen molar-refractivity contribution in [2.75, 3.05) is 6.61 Å². The molecule has 1 heterocycles. The largest absolute Gasteiger partial charge is 0.396 e. The fraction of sp³-hybridized carbons (Fsp3) is 0.435. The van der Waals surface area contributed by atoms with E-state index in [4.69, 9.17) is 16.7 Å². The van der Waals surface area contributed by atoms with Crippen LogP contribution in [0.2, 0.25) is 0 Å². The third kappa shape index (κ3) is 10.2. The Morgan fingerprint density at radius 3 is 2.79 bits per heavy atom. The van der Waals surface area contributed by atoms with Crippen molar-refractivity contribution >= 4 is 29.7 Å². The average Bonchev–Trinajstić information content (AvgIpc) is 2.96. The van der Waals surface area contributed by atoms with Crippen molar-refractivity contribution in [3.05, 3.63) is 70.8 Å². The molecule has 152 valence electrons. The van der Waals surface area contributed by atoms with Crippen molar-refractivity contribution in [3.8, 4) is 0 Å². The topological polar surface area (TPSA) is 44.6 Å². The van der Waals surface area contributed by atoms with E-state index >= 15 is 0 Å². The highest BCUT2D eigenvalue weighted by atomic mass is 35.5. The maximum atomic E-state index is 8.69. The van der Waals surface area contributed by atoms with Gasteiger partial charge in [0.2, 0.25) is 0 Å². The van der Waals surface area contributed by atoms with E-state index in [1.165, 1.54) is 41.9 Å². The molecule has 3 rings (SSSR count). The van der Waals surface area contributed by atoms with Crippen LogP contribution in [0.15, 0.2) is 75.8 Å². The lowest BCUT2D eigenvalue weighted by Gasteiger charge is -2.18. The summed E-state index contributed by atoms with van der Waals surface area (Å²) in [5.74, 6) is 0.642. The number of aliphatic imine (C=N–C) groups is 1. The average molecular weight is 419 g/mol. The Bertz CT molecular complexity index is 656. The van der Waals surface area contributed by atoms with Gasteiger partial charge in [-0.25, -0.2) is 4.99 Å². The smallest absolute Gasteiger partial charge is 0.0918 e. The van der Waals surface area contributed by atoms with Gasteiger partial charge < -0.3 is 10.4 Å². The molecule has 0 saturated heterocycles. The lowest BCUT2D eigenvalue weighted by molar-refractivity contribution is 0.190. The van der Waals surface area contributed by atoms with Gasteiger partial charge in [-0.3, -0.25) is 0 Å². The molecule has 0 spiro atoms. The summed E-state index contributed by atoms with van der Waals surface area (Å²) in [6, 6.07) is 0. The zero-order valence-corrected chi connectivity index (χ0v) is 17.9. The van der Waals surface area contributed by atoms with Crippen LogP contribution >= 0.6 is 23.4 Å². The molecule has 28 heavy (non-hydrogen) atoms. The number of aliphatic hydroxyl groups is 1. The highest BCUT2D eigenvalue weighted by Gasteiger charge is 2.10. The van der Waals surface area contributed by atoms with E-state index in [0.717, 1.165) is 12.8 Å². The molecule has 1 fully saturated rings. The number of rotatable bonds is 3. The van der Waals surface area contributed by atoms with Gasteiger partial charge in [0.15, 0.2) is 0 Å². The molecule has 1 atom stereocenters. The van der Waals surface area contributed by atoms with E-state index in [-0.39, 0.29) is 5.38 Å². The normalized spacial score (nSPS) is 27.0. The zero-order chi connectivity index (χ0) is 19.9. The summed E-state index contributed by atoms with van der Waals surface area (Å²) >= 11 is 7.79. The number of aliphatic hydroxyl groups excluding tert-OH is 1. The van der Waals surface area contributed by atoms with Gasteiger partial charge in [0.1, 0.15) is 0 Å². The second kappa shape index (κ2) is 14.5. The first-order valence-electron chi connectivity index (χ1n) is 10.1. The lowest BCUT2D eigenvalue weighted by atomic mass is 9.90. The molecular weight excluding hydrogens is 388 g/mol. The quantitative estimate of drug-likeness (QED) is 0.534. The van der Waals surface area contributed by atoms with Crippen LogP contribution in [0, 0.1) is 5.92 Å². The standard InChI is InChI=1S/C16H17ClN2S.C7H14O/c17-14-6-5-8-15(10-9-14)20-16-7-3-1-2-4-11-18-13-19-12-16;8-6-7-4-2-1-3-5-7/h1-2,4-6,8-14H,3,7H2,(H,18,19);7-8H,1-6H2/b2-1+,11-4-,16-12+;. The van der Waals surface area contributed by atoms with Gasteiger partial charge in [-0.15, -0.1) is 11.6 Å². The first-order chi connectivity index (χ1) is 13.8. The number of hydrogen-bond acceptors (Lipinski definition) is 4. The highest BCUT2D eigenvalue weighted by molar-refractivity contribution is 8.06. The van der Waals surface area contributed by atoms with Crippen LogP contribution in [0.5, 0.6) is 0 Å². The molecule has 0 amide bonds. The molecule has 2 N–H and O–H groups in total. The number of halogens is 1. The third-order valence-electron chi connectivity index (χ3n) is 4.60. The summed E-state index contributed by atoms with van der Waals surface area (Å²) in [7, 11) is 0. The second-order valence-electron chi connectivity index (χ2n) is 6.91. The number of hydrogen-bond donors (Lipinski definition) is 2. The molecule has 1 unspecified atom stereocenters. The van der Waals surface area contributed by atoms with Crippen molar-refractivity contribution < 1.29 is 5.11 Å². The first-order valence-corrected chi connectivity index (χ1v) is 11.3. The summed E-state index contributed by atoms with van der Waals surface area (Å²) in [5, 5.41) is 11.7. The predicted octanol–water partition coefficient (Wildman–Crippen LogP) is 6.22. The Morgan fingerprint density at radius 1 is 1.14 bits per heavy atom. The summed E-state index contributed by atoms with van der Waals surface area (Å²) in [6.07, 6.45) is 30.3. The van der Waals surface area contributed by atoms with Gasteiger partial charge in [-0.2, -0.15) is 0 Å². The van der Waals surface area contributed by atoms with Crippen molar-refractivity contribution in [2.45, 2.75) is 50.3 Å². The Morgan fingerprint density at radius 2 is 2.00 bits per heavy atom. The molecule has 3 aliphatic rings. The van der Waals surface area contributed by atoms with E-state index in [2.05, 4.69) is 28.5 Å². The lowest BCUT2D eigenvalue weighted by Crippen LogP contribution is -2.09. The minimum atomic E-state index is -0.0258. The van der Waals surface area contributed by atoms with Crippen LogP contribution in [-0.4, -0.2) is 23.4 Å². The Balaban J connectivity index is 0.000000292. The summed E-state index contributed by atoms with van der Waals surface area (Å²) in [6.45, 7) is 0.417. The van der Waals surface area contributed by atoms with Gasteiger partial charge in [-0.05, 0) is 43.8 Å². The second-order valence-corrected chi connectivity index (χ2v) is 8.62. The van der Waals surface area contributed by atoms with E-state index < -0.39 is 0 Å². The fourth-order valence-corrected chi connectivity index (χ4v) is 4.10. The maximum absolute atomic E-state index is 8.69. The van der Waals surface area contributed by atoms with Crippen LogP contribution in [0.1, 0.15) is 44.9 Å². The Hall–Kier alpha value is -1.49. The summed E-state index contributed by atoms with van der Waals surface area (Å²) in [4.78, 5) is 6.67. The number of alkyl halides is 1. The minimum Gasteiger partial charge on any atom is -0.396 e. The third-order valence-corrected chi connectivity index (χ3v) is 5.97. The minimum absolute atomic E-state index is 0.0258. The number of thioether (sulfide) groups is 1. The predicted molar refractivity (Wildman–Crippen MR) is 124 cm³/mol. The van der Waals surface area contributed by atoms with Gasteiger partial charge in [0.25, 0.3) is 0 Å². The van der Waals surface area contributed by atoms with E-state index in [9.17, 15) is 0 Å².